The minimum atomic E-state index is -3.80. The fourth-order valence-electron chi connectivity index (χ4n) is 2.99. The van der Waals surface area contributed by atoms with E-state index in [0.29, 0.717) is 29.0 Å². The number of benzene rings is 3. The summed E-state index contributed by atoms with van der Waals surface area (Å²) in [5.41, 5.74) is 1.95. The van der Waals surface area contributed by atoms with Crippen LogP contribution in [0.3, 0.4) is 0 Å². The topological polar surface area (TPSA) is 104 Å². The van der Waals surface area contributed by atoms with Crippen molar-refractivity contribution in [1.29, 1.82) is 0 Å². The number of hydrogen-bond acceptors (Lipinski definition) is 4. The first-order valence-corrected chi connectivity index (χ1v) is 11.7. The second-order valence-electron chi connectivity index (χ2n) is 7.20. The molecule has 166 valence electrons. The molecule has 0 radical (unpaired) electrons. The summed E-state index contributed by atoms with van der Waals surface area (Å²) in [5.74, 6) is -0.733. The monoisotopic (exact) mass is 451 g/mol. The molecule has 0 heterocycles. The van der Waals surface area contributed by atoms with Crippen LogP contribution in [0, 0.1) is 6.92 Å². The van der Waals surface area contributed by atoms with Gasteiger partial charge in [-0.3, -0.25) is 14.3 Å². The van der Waals surface area contributed by atoms with Crippen molar-refractivity contribution in [2.24, 2.45) is 0 Å². The van der Waals surface area contributed by atoms with E-state index in [9.17, 15) is 18.0 Å². The SMILES string of the molecule is CCCNC(=O)c1ccccc1NC(=O)c1ccc(C)c(NS(=O)(=O)c2ccccc2)c1. The Kier molecular flexibility index (Phi) is 7.27. The Balaban J connectivity index is 1.83. The third-order valence-corrected chi connectivity index (χ3v) is 6.13. The van der Waals surface area contributed by atoms with E-state index in [1.54, 1.807) is 61.5 Å². The molecule has 32 heavy (non-hydrogen) atoms. The lowest BCUT2D eigenvalue weighted by atomic mass is 10.1. The molecule has 3 aromatic carbocycles. The Morgan fingerprint density at radius 1 is 0.844 bits per heavy atom. The molecule has 0 fully saturated rings. The van der Waals surface area contributed by atoms with Crippen molar-refractivity contribution in [2.45, 2.75) is 25.2 Å². The molecule has 3 rings (SSSR count). The Morgan fingerprint density at radius 2 is 1.53 bits per heavy atom. The van der Waals surface area contributed by atoms with Crippen molar-refractivity contribution in [3.63, 3.8) is 0 Å². The minimum Gasteiger partial charge on any atom is -0.352 e. The highest BCUT2D eigenvalue weighted by molar-refractivity contribution is 7.92. The second kappa shape index (κ2) is 10.1. The van der Waals surface area contributed by atoms with Gasteiger partial charge in [0.15, 0.2) is 0 Å². The van der Waals surface area contributed by atoms with E-state index in [0.717, 1.165) is 6.42 Å². The highest BCUT2D eigenvalue weighted by atomic mass is 32.2. The van der Waals surface area contributed by atoms with E-state index in [1.165, 1.54) is 18.2 Å². The van der Waals surface area contributed by atoms with Crippen molar-refractivity contribution in [1.82, 2.24) is 5.32 Å². The van der Waals surface area contributed by atoms with E-state index in [4.69, 9.17) is 0 Å². The molecule has 0 saturated carbocycles. The number of sulfonamides is 1. The summed E-state index contributed by atoms with van der Waals surface area (Å²) < 4.78 is 27.9. The van der Waals surface area contributed by atoms with Gasteiger partial charge >= 0.3 is 0 Å². The summed E-state index contributed by atoms with van der Waals surface area (Å²) in [6.45, 7) is 4.23. The van der Waals surface area contributed by atoms with Crippen LogP contribution in [0.2, 0.25) is 0 Å². The van der Waals surface area contributed by atoms with Crippen LogP contribution in [-0.4, -0.2) is 26.8 Å². The van der Waals surface area contributed by atoms with Crippen LogP contribution >= 0.6 is 0 Å². The minimum absolute atomic E-state index is 0.126. The molecule has 0 bridgehead atoms. The van der Waals surface area contributed by atoms with Crippen molar-refractivity contribution in [3.05, 3.63) is 89.5 Å². The van der Waals surface area contributed by atoms with Crippen LogP contribution < -0.4 is 15.4 Å². The van der Waals surface area contributed by atoms with Gasteiger partial charge in [0.05, 0.1) is 21.8 Å². The van der Waals surface area contributed by atoms with E-state index in [2.05, 4.69) is 15.4 Å². The molecule has 7 nitrogen and oxygen atoms in total. The van der Waals surface area contributed by atoms with E-state index >= 15 is 0 Å². The first-order chi connectivity index (χ1) is 15.3. The third kappa shape index (κ3) is 5.53. The second-order valence-corrected chi connectivity index (χ2v) is 8.89. The van der Waals surface area contributed by atoms with Gasteiger partial charge in [0, 0.05) is 12.1 Å². The number of anilines is 2. The maximum absolute atomic E-state index is 12.9. The Bertz CT molecular complexity index is 1230. The zero-order valence-electron chi connectivity index (χ0n) is 17.9. The zero-order chi connectivity index (χ0) is 23.1. The Morgan fingerprint density at radius 3 is 2.25 bits per heavy atom. The number of hydrogen-bond donors (Lipinski definition) is 3. The number of carbonyl (C=O) groups is 2. The molecule has 2 amide bonds. The van der Waals surface area contributed by atoms with E-state index < -0.39 is 15.9 Å². The van der Waals surface area contributed by atoms with Gasteiger partial charge in [0.25, 0.3) is 21.8 Å². The molecular formula is C24H25N3O4S. The van der Waals surface area contributed by atoms with Gasteiger partial charge in [0.1, 0.15) is 0 Å². The smallest absolute Gasteiger partial charge is 0.261 e. The molecule has 3 aromatic rings. The van der Waals surface area contributed by atoms with Crippen molar-refractivity contribution >= 4 is 33.2 Å². The summed E-state index contributed by atoms with van der Waals surface area (Å²) >= 11 is 0. The molecule has 0 aromatic heterocycles. The molecule has 0 spiro atoms. The first-order valence-electron chi connectivity index (χ1n) is 10.2. The van der Waals surface area contributed by atoms with Gasteiger partial charge in [-0.05, 0) is 55.3 Å². The molecule has 0 atom stereocenters. The summed E-state index contributed by atoms with van der Waals surface area (Å²) in [5, 5.41) is 5.54. The van der Waals surface area contributed by atoms with Gasteiger partial charge in [-0.15, -0.1) is 0 Å². The van der Waals surface area contributed by atoms with Crippen molar-refractivity contribution < 1.29 is 18.0 Å². The number of aryl methyl sites for hydroxylation is 1. The number of carbonyl (C=O) groups excluding carboxylic acids is 2. The van der Waals surface area contributed by atoms with Gasteiger partial charge in [0.2, 0.25) is 0 Å². The summed E-state index contributed by atoms with van der Waals surface area (Å²) in [6.07, 6.45) is 0.797. The standard InChI is InChI=1S/C24H25N3O4S/c1-3-15-25-24(29)20-11-7-8-12-21(20)26-23(28)18-14-13-17(2)22(16-18)27-32(30,31)19-9-5-4-6-10-19/h4-14,16,27H,3,15H2,1-2H3,(H,25,29)(H,26,28). The number of rotatable bonds is 8. The Hall–Kier alpha value is -3.65. The van der Waals surface area contributed by atoms with Gasteiger partial charge in [-0.25, -0.2) is 8.42 Å². The quantitative estimate of drug-likeness (QED) is 0.478. The van der Waals surface area contributed by atoms with E-state index in [-0.39, 0.29) is 16.4 Å². The van der Waals surface area contributed by atoms with Gasteiger partial charge in [-0.1, -0.05) is 43.3 Å². The maximum atomic E-state index is 12.9. The molecule has 0 unspecified atom stereocenters. The average molecular weight is 452 g/mol. The van der Waals surface area contributed by atoms with Crippen molar-refractivity contribution in [3.8, 4) is 0 Å². The predicted octanol–water partition coefficient (Wildman–Crippen LogP) is 4.19. The highest BCUT2D eigenvalue weighted by Crippen LogP contribution is 2.23. The van der Waals surface area contributed by atoms with Crippen LogP contribution in [0.5, 0.6) is 0 Å². The van der Waals surface area contributed by atoms with Gasteiger partial charge in [-0.2, -0.15) is 0 Å². The average Bonchev–Trinajstić information content (AvgIpc) is 2.79. The normalized spacial score (nSPS) is 10.9. The Labute approximate surface area is 187 Å². The molecular weight excluding hydrogens is 426 g/mol. The fourth-order valence-corrected chi connectivity index (χ4v) is 4.14. The van der Waals surface area contributed by atoms with Crippen LogP contribution in [-0.2, 0) is 10.0 Å². The largest absolute Gasteiger partial charge is 0.352 e. The van der Waals surface area contributed by atoms with Crippen LogP contribution in [0.4, 0.5) is 11.4 Å². The summed E-state index contributed by atoms with van der Waals surface area (Å²) in [4.78, 5) is 25.4. The molecule has 0 aliphatic carbocycles. The number of para-hydroxylation sites is 1. The maximum Gasteiger partial charge on any atom is 0.261 e. The van der Waals surface area contributed by atoms with Crippen LogP contribution in [0.15, 0.2) is 77.7 Å². The zero-order valence-corrected chi connectivity index (χ0v) is 18.7. The molecule has 0 saturated heterocycles. The lowest BCUT2D eigenvalue weighted by Crippen LogP contribution is -2.25. The highest BCUT2D eigenvalue weighted by Gasteiger charge is 2.18. The first kappa shape index (κ1) is 23.0. The fraction of sp³-hybridized carbons (Fsp3) is 0.167. The summed E-state index contributed by atoms with van der Waals surface area (Å²) in [7, 11) is -3.80. The lowest BCUT2D eigenvalue weighted by Gasteiger charge is -2.14. The predicted molar refractivity (Wildman–Crippen MR) is 125 cm³/mol. The number of nitrogens with one attached hydrogen (secondary N) is 3. The summed E-state index contributed by atoms with van der Waals surface area (Å²) in [6, 6.07) is 19.5. The molecule has 0 aliphatic rings. The van der Waals surface area contributed by atoms with Crippen LogP contribution in [0.25, 0.3) is 0 Å². The lowest BCUT2D eigenvalue weighted by molar-refractivity contribution is 0.0954. The van der Waals surface area contributed by atoms with Crippen LogP contribution in [0.1, 0.15) is 39.6 Å². The third-order valence-electron chi connectivity index (χ3n) is 4.75. The number of amides is 2. The molecule has 3 N–H and O–H groups in total. The van der Waals surface area contributed by atoms with Gasteiger partial charge < -0.3 is 10.6 Å². The van der Waals surface area contributed by atoms with E-state index in [1.807, 2.05) is 6.92 Å². The van der Waals surface area contributed by atoms with Crippen molar-refractivity contribution in [2.75, 3.05) is 16.6 Å². The molecule has 0 aliphatic heterocycles. The molecule has 8 heteroatoms.